The Balaban J connectivity index is 2.29. The molecule has 28 heavy (non-hydrogen) atoms. The molecule has 0 amide bonds. The summed E-state index contributed by atoms with van der Waals surface area (Å²) >= 11 is 0. The molecule has 0 saturated heterocycles. The van der Waals surface area contributed by atoms with E-state index in [0.29, 0.717) is 16.7 Å². The number of nitro groups is 1. The number of hydrogen-bond donors (Lipinski definition) is 0. The molecule has 0 aliphatic rings. The second kappa shape index (κ2) is 6.59. The third kappa shape index (κ3) is 3.70. The van der Waals surface area contributed by atoms with Crippen LogP contribution >= 0.6 is 0 Å². The van der Waals surface area contributed by atoms with Gasteiger partial charge in [-0.2, -0.15) is 0 Å². The normalized spacial score (nSPS) is 12.4. The van der Waals surface area contributed by atoms with Gasteiger partial charge in [0.2, 0.25) is 0 Å². The summed E-state index contributed by atoms with van der Waals surface area (Å²) in [6.07, 6.45) is 0. The van der Waals surface area contributed by atoms with Gasteiger partial charge in [-0.1, -0.05) is 47.6 Å². The summed E-state index contributed by atoms with van der Waals surface area (Å²) in [6, 6.07) is 11.9. The molecule has 0 atom stereocenters. The zero-order valence-corrected chi connectivity index (χ0v) is 17.1. The van der Waals surface area contributed by atoms with Gasteiger partial charge < -0.3 is 4.42 Å². The molecule has 0 saturated carbocycles. The van der Waals surface area contributed by atoms with Crippen LogP contribution in [0, 0.1) is 10.1 Å². The lowest BCUT2D eigenvalue weighted by Crippen LogP contribution is -2.17. The van der Waals surface area contributed by atoms with Gasteiger partial charge in [-0.05, 0) is 46.2 Å². The van der Waals surface area contributed by atoms with E-state index in [4.69, 9.17) is 4.42 Å². The first-order valence-electron chi connectivity index (χ1n) is 9.25. The number of benzene rings is 2. The van der Waals surface area contributed by atoms with E-state index in [2.05, 4.69) is 53.7 Å². The second-order valence-electron chi connectivity index (χ2n) is 9.19. The van der Waals surface area contributed by atoms with Gasteiger partial charge in [0.05, 0.1) is 10.5 Å². The lowest BCUT2D eigenvalue weighted by atomic mass is 9.79. The van der Waals surface area contributed by atoms with Crippen LogP contribution in [0.15, 0.2) is 51.7 Å². The van der Waals surface area contributed by atoms with Crippen LogP contribution in [0.3, 0.4) is 0 Å². The fraction of sp³-hybridized carbons (Fsp3) is 0.348. The zero-order chi connectivity index (χ0) is 20.9. The number of nitro benzene ring substituents is 1. The van der Waals surface area contributed by atoms with Gasteiger partial charge in [0.15, 0.2) is 0 Å². The van der Waals surface area contributed by atoms with Crippen molar-refractivity contribution in [3.05, 3.63) is 74.1 Å². The van der Waals surface area contributed by atoms with E-state index in [-0.39, 0.29) is 16.5 Å². The predicted molar refractivity (Wildman–Crippen MR) is 112 cm³/mol. The van der Waals surface area contributed by atoms with Crippen LogP contribution in [0.1, 0.15) is 52.7 Å². The average molecular weight is 379 g/mol. The van der Waals surface area contributed by atoms with Gasteiger partial charge >= 0.3 is 5.63 Å². The van der Waals surface area contributed by atoms with Gasteiger partial charge in [-0.3, -0.25) is 10.1 Å². The molecule has 1 heterocycles. The fourth-order valence-corrected chi connectivity index (χ4v) is 3.19. The molecule has 0 unspecified atom stereocenters. The Morgan fingerprint density at radius 1 is 0.893 bits per heavy atom. The molecule has 0 fully saturated rings. The van der Waals surface area contributed by atoms with Crippen LogP contribution in [0.25, 0.3) is 22.1 Å². The maximum Gasteiger partial charge on any atom is 0.344 e. The summed E-state index contributed by atoms with van der Waals surface area (Å²) in [5.74, 6) is 0. The fourth-order valence-electron chi connectivity index (χ4n) is 3.19. The molecule has 146 valence electrons. The molecule has 0 aliphatic carbocycles. The van der Waals surface area contributed by atoms with Gasteiger partial charge in [0.1, 0.15) is 5.58 Å². The van der Waals surface area contributed by atoms with Crippen molar-refractivity contribution in [2.75, 3.05) is 0 Å². The SMILES string of the molecule is CC(C)(C)c1cc(C(C)(C)C)c2oc(=O)c(-c3ccc([N+](=O)[O-])cc3)cc2c1. The average Bonchev–Trinajstić information content (AvgIpc) is 2.58. The molecule has 2 aromatic carbocycles. The molecular formula is C23H25NO4. The van der Waals surface area contributed by atoms with E-state index in [9.17, 15) is 14.9 Å². The minimum Gasteiger partial charge on any atom is -0.422 e. The molecule has 0 spiro atoms. The number of nitrogens with zero attached hydrogens (tertiary/aromatic N) is 1. The molecule has 5 nitrogen and oxygen atoms in total. The Kier molecular flexibility index (Phi) is 4.66. The second-order valence-corrected chi connectivity index (χ2v) is 9.19. The third-order valence-corrected chi connectivity index (χ3v) is 4.90. The summed E-state index contributed by atoms with van der Waals surface area (Å²) < 4.78 is 5.76. The van der Waals surface area contributed by atoms with Crippen LogP contribution < -0.4 is 5.63 Å². The zero-order valence-electron chi connectivity index (χ0n) is 17.1. The third-order valence-electron chi connectivity index (χ3n) is 4.90. The van der Waals surface area contributed by atoms with Crippen molar-refractivity contribution in [2.24, 2.45) is 0 Å². The molecule has 3 aromatic rings. The highest BCUT2D eigenvalue weighted by atomic mass is 16.6. The summed E-state index contributed by atoms with van der Waals surface area (Å²) in [5.41, 5.74) is 3.02. The topological polar surface area (TPSA) is 73.3 Å². The molecule has 0 aliphatic heterocycles. The molecule has 5 heteroatoms. The van der Waals surface area contributed by atoms with E-state index < -0.39 is 10.5 Å². The quantitative estimate of drug-likeness (QED) is 0.313. The van der Waals surface area contributed by atoms with Crippen LogP contribution in [-0.2, 0) is 10.8 Å². The Morgan fingerprint density at radius 3 is 2.00 bits per heavy atom. The van der Waals surface area contributed by atoms with E-state index in [1.165, 1.54) is 12.1 Å². The van der Waals surface area contributed by atoms with E-state index in [0.717, 1.165) is 16.5 Å². The Labute approximate surface area is 164 Å². The minimum absolute atomic E-state index is 0.0148. The molecular weight excluding hydrogens is 354 g/mol. The van der Waals surface area contributed by atoms with E-state index >= 15 is 0 Å². The number of rotatable bonds is 2. The molecule has 1 aromatic heterocycles. The van der Waals surface area contributed by atoms with Gasteiger partial charge in [0, 0.05) is 23.1 Å². The smallest absolute Gasteiger partial charge is 0.344 e. The summed E-state index contributed by atoms with van der Waals surface area (Å²) in [5, 5.41) is 11.7. The van der Waals surface area contributed by atoms with Crippen LogP contribution in [0.5, 0.6) is 0 Å². The van der Waals surface area contributed by atoms with Crippen LogP contribution in [0.4, 0.5) is 5.69 Å². The largest absolute Gasteiger partial charge is 0.422 e. The minimum atomic E-state index is -0.460. The van der Waals surface area contributed by atoms with Crippen molar-refractivity contribution in [3.63, 3.8) is 0 Å². The highest BCUT2D eigenvalue weighted by Gasteiger charge is 2.24. The molecule has 0 radical (unpaired) electrons. The number of non-ortho nitro benzene ring substituents is 1. The highest BCUT2D eigenvalue weighted by molar-refractivity contribution is 5.86. The predicted octanol–water partition coefficient (Wildman–Crippen LogP) is 5.96. The first kappa shape index (κ1) is 19.8. The Bertz CT molecular complexity index is 1110. The lowest BCUT2D eigenvalue weighted by molar-refractivity contribution is -0.384. The van der Waals surface area contributed by atoms with Gasteiger partial charge in [-0.15, -0.1) is 0 Å². The van der Waals surface area contributed by atoms with E-state index in [1.807, 2.05) is 6.07 Å². The van der Waals surface area contributed by atoms with Crippen molar-refractivity contribution in [1.29, 1.82) is 0 Å². The van der Waals surface area contributed by atoms with Crippen LogP contribution in [-0.4, -0.2) is 4.92 Å². The van der Waals surface area contributed by atoms with Crippen molar-refractivity contribution in [1.82, 2.24) is 0 Å². The maximum atomic E-state index is 12.7. The summed E-state index contributed by atoms with van der Waals surface area (Å²) in [7, 11) is 0. The molecule has 0 N–H and O–H groups in total. The monoisotopic (exact) mass is 379 g/mol. The number of hydrogen-bond acceptors (Lipinski definition) is 4. The highest BCUT2D eigenvalue weighted by Crippen LogP contribution is 2.36. The van der Waals surface area contributed by atoms with Gasteiger partial charge in [-0.25, -0.2) is 4.79 Å². The van der Waals surface area contributed by atoms with Crippen molar-refractivity contribution in [3.8, 4) is 11.1 Å². The first-order valence-corrected chi connectivity index (χ1v) is 9.25. The molecule has 3 rings (SSSR count). The van der Waals surface area contributed by atoms with Crippen LogP contribution in [0.2, 0.25) is 0 Å². The van der Waals surface area contributed by atoms with Crippen molar-refractivity contribution < 1.29 is 9.34 Å². The van der Waals surface area contributed by atoms with Crippen molar-refractivity contribution >= 4 is 16.7 Å². The van der Waals surface area contributed by atoms with Crippen molar-refractivity contribution in [2.45, 2.75) is 52.4 Å². The Morgan fingerprint density at radius 2 is 1.50 bits per heavy atom. The Hall–Kier alpha value is -2.95. The lowest BCUT2D eigenvalue weighted by Gasteiger charge is -2.26. The standard InChI is InChI=1S/C23H25NO4/c1-22(2,3)16-11-15-12-18(14-7-9-17(10-8-14)24(26)27)21(25)28-20(15)19(13-16)23(4,5)6/h7-13H,1-6H3. The molecule has 0 bridgehead atoms. The maximum absolute atomic E-state index is 12.7. The number of fused-ring (bicyclic) bond motifs is 1. The van der Waals surface area contributed by atoms with Gasteiger partial charge in [0.25, 0.3) is 5.69 Å². The summed E-state index contributed by atoms with van der Waals surface area (Å²) in [6.45, 7) is 12.7. The first-order chi connectivity index (χ1) is 12.9. The summed E-state index contributed by atoms with van der Waals surface area (Å²) in [4.78, 5) is 23.1. The van der Waals surface area contributed by atoms with E-state index in [1.54, 1.807) is 12.1 Å².